The predicted molar refractivity (Wildman–Crippen MR) is 101 cm³/mol. The topological polar surface area (TPSA) is 15.6 Å². The van der Waals surface area contributed by atoms with Crippen LogP contribution in [0.2, 0.25) is 0 Å². The van der Waals surface area contributed by atoms with Gasteiger partial charge in [-0.25, -0.2) is 0 Å². The molecule has 0 aliphatic carbocycles. The second kappa shape index (κ2) is 6.90. The van der Waals surface area contributed by atoms with Gasteiger partial charge in [0.1, 0.15) is 0 Å². The van der Waals surface area contributed by atoms with Crippen LogP contribution in [0.25, 0.3) is 0 Å². The highest BCUT2D eigenvalue weighted by Gasteiger charge is 2.41. The average Bonchev–Trinajstić information content (AvgIpc) is 2.68. The summed E-state index contributed by atoms with van der Waals surface area (Å²) >= 11 is 0. The van der Waals surface area contributed by atoms with E-state index < -0.39 is 0 Å². The van der Waals surface area contributed by atoms with Crippen LogP contribution in [0.5, 0.6) is 0 Å². The monoisotopic (exact) mass is 318 g/mol. The molecule has 2 nitrogen and oxygen atoms in total. The number of rotatable bonds is 4. The van der Waals surface area contributed by atoms with Crippen molar-refractivity contribution < 1.29 is 0 Å². The Bertz CT molecular complexity index is 684. The molecule has 0 radical (unpaired) electrons. The standard InChI is InChI=1S/C22H26N2/c1-17(19-10-6-3-7-11-19)22-21(20-12-14-24(22)15-13-20)23-16-18-8-4-2-5-9-18/h2-11,17,20,22H,12-16H2,1H3/t17?,22-/m0/s1. The minimum Gasteiger partial charge on any atom is -0.294 e. The molecule has 5 rings (SSSR count). The molecular formula is C22H26N2. The fraction of sp³-hybridized carbons (Fsp3) is 0.409. The van der Waals surface area contributed by atoms with Gasteiger partial charge in [-0.1, -0.05) is 67.6 Å². The van der Waals surface area contributed by atoms with Crippen molar-refractivity contribution in [1.82, 2.24) is 4.90 Å². The number of hydrogen-bond donors (Lipinski definition) is 0. The Labute approximate surface area is 145 Å². The highest BCUT2D eigenvalue weighted by molar-refractivity contribution is 5.94. The third-order valence-corrected chi connectivity index (χ3v) is 5.73. The minimum atomic E-state index is 0.476. The molecule has 0 N–H and O–H groups in total. The molecule has 0 spiro atoms. The van der Waals surface area contributed by atoms with Crippen LogP contribution >= 0.6 is 0 Å². The van der Waals surface area contributed by atoms with Crippen molar-refractivity contribution in [2.75, 3.05) is 13.1 Å². The lowest BCUT2D eigenvalue weighted by molar-refractivity contribution is 0.132. The zero-order valence-corrected chi connectivity index (χ0v) is 14.4. The molecule has 2 aromatic rings. The summed E-state index contributed by atoms with van der Waals surface area (Å²) in [5, 5.41) is 0. The maximum absolute atomic E-state index is 5.14. The third-order valence-electron chi connectivity index (χ3n) is 5.73. The smallest absolute Gasteiger partial charge is 0.0639 e. The van der Waals surface area contributed by atoms with Crippen LogP contribution in [0.4, 0.5) is 0 Å². The maximum atomic E-state index is 5.14. The summed E-state index contributed by atoms with van der Waals surface area (Å²) in [4.78, 5) is 7.81. The molecule has 3 aliphatic heterocycles. The molecule has 2 aromatic carbocycles. The van der Waals surface area contributed by atoms with Crippen LogP contribution in [0.15, 0.2) is 65.7 Å². The zero-order valence-electron chi connectivity index (χ0n) is 14.4. The van der Waals surface area contributed by atoms with Gasteiger partial charge in [0.15, 0.2) is 0 Å². The summed E-state index contributed by atoms with van der Waals surface area (Å²) < 4.78 is 0. The van der Waals surface area contributed by atoms with Crippen LogP contribution in [-0.2, 0) is 6.54 Å². The number of hydrogen-bond acceptors (Lipinski definition) is 2. The van der Waals surface area contributed by atoms with Crippen LogP contribution in [0.3, 0.4) is 0 Å². The highest BCUT2D eigenvalue weighted by atomic mass is 15.2. The lowest BCUT2D eigenvalue weighted by Gasteiger charge is -2.49. The average molecular weight is 318 g/mol. The van der Waals surface area contributed by atoms with E-state index in [1.165, 1.54) is 42.8 Å². The first kappa shape index (κ1) is 15.6. The van der Waals surface area contributed by atoms with Gasteiger partial charge in [-0.15, -0.1) is 0 Å². The Morgan fingerprint density at radius 3 is 2.25 bits per heavy atom. The summed E-state index contributed by atoms with van der Waals surface area (Å²) in [5.74, 6) is 1.19. The van der Waals surface area contributed by atoms with Crippen LogP contribution in [-0.4, -0.2) is 29.7 Å². The minimum absolute atomic E-state index is 0.476. The Hall–Kier alpha value is -1.93. The Morgan fingerprint density at radius 2 is 1.58 bits per heavy atom. The van der Waals surface area contributed by atoms with Gasteiger partial charge in [0.2, 0.25) is 0 Å². The molecule has 124 valence electrons. The van der Waals surface area contributed by atoms with Gasteiger partial charge in [-0.05, 0) is 37.1 Å². The summed E-state index contributed by atoms with van der Waals surface area (Å²) in [6, 6.07) is 22.1. The molecule has 0 amide bonds. The molecule has 24 heavy (non-hydrogen) atoms. The van der Waals surface area contributed by atoms with E-state index in [1.807, 2.05) is 0 Å². The van der Waals surface area contributed by atoms with Crippen molar-refractivity contribution in [3.63, 3.8) is 0 Å². The van der Waals surface area contributed by atoms with E-state index in [2.05, 4.69) is 72.5 Å². The van der Waals surface area contributed by atoms with E-state index in [0.29, 0.717) is 17.9 Å². The predicted octanol–water partition coefficient (Wildman–Crippen LogP) is 4.53. The third kappa shape index (κ3) is 3.03. The van der Waals surface area contributed by atoms with Gasteiger partial charge >= 0.3 is 0 Å². The van der Waals surface area contributed by atoms with Gasteiger partial charge in [0.25, 0.3) is 0 Å². The largest absolute Gasteiger partial charge is 0.294 e. The second-order valence-corrected chi connectivity index (χ2v) is 7.18. The van der Waals surface area contributed by atoms with E-state index >= 15 is 0 Å². The van der Waals surface area contributed by atoms with Gasteiger partial charge in [0.05, 0.1) is 12.6 Å². The van der Waals surface area contributed by atoms with Crippen LogP contribution < -0.4 is 0 Å². The Balaban J connectivity index is 1.62. The van der Waals surface area contributed by atoms with Gasteiger partial charge in [0, 0.05) is 17.5 Å². The number of fused-ring (bicyclic) bond motifs is 3. The van der Waals surface area contributed by atoms with Crippen LogP contribution in [0, 0.1) is 5.92 Å². The van der Waals surface area contributed by atoms with E-state index in [4.69, 9.17) is 4.99 Å². The molecule has 2 atom stereocenters. The van der Waals surface area contributed by atoms with E-state index in [1.54, 1.807) is 0 Å². The van der Waals surface area contributed by atoms with Gasteiger partial charge < -0.3 is 0 Å². The molecule has 1 unspecified atom stereocenters. The lowest BCUT2D eigenvalue weighted by Crippen LogP contribution is -2.57. The highest BCUT2D eigenvalue weighted by Crippen LogP contribution is 2.37. The molecule has 3 heterocycles. The van der Waals surface area contributed by atoms with Crippen molar-refractivity contribution in [2.45, 2.75) is 38.3 Å². The maximum Gasteiger partial charge on any atom is 0.0639 e. The van der Waals surface area contributed by atoms with E-state index in [-0.39, 0.29) is 0 Å². The van der Waals surface area contributed by atoms with Crippen LogP contribution in [0.1, 0.15) is 36.8 Å². The summed E-state index contributed by atoms with van der Waals surface area (Å²) in [7, 11) is 0. The van der Waals surface area contributed by atoms with Crippen molar-refractivity contribution in [3.8, 4) is 0 Å². The Morgan fingerprint density at radius 1 is 0.958 bits per heavy atom. The van der Waals surface area contributed by atoms with Gasteiger partial charge in [-0.3, -0.25) is 9.89 Å². The SMILES string of the molecule is CC(c1ccccc1)[C@H]1C(=NCc2ccccc2)C2CCN1CC2. The van der Waals surface area contributed by atoms with Crippen molar-refractivity contribution >= 4 is 5.71 Å². The van der Waals surface area contributed by atoms with E-state index in [0.717, 1.165) is 6.54 Å². The normalized spacial score (nSPS) is 28.9. The summed E-state index contributed by atoms with van der Waals surface area (Å²) in [6.45, 7) is 5.66. The molecule has 2 bridgehead atoms. The summed E-state index contributed by atoms with van der Waals surface area (Å²) in [6.07, 6.45) is 2.57. The van der Waals surface area contributed by atoms with Crippen molar-refractivity contribution in [3.05, 3.63) is 71.8 Å². The number of benzene rings is 2. The molecule has 3 fully saturated rings. The first-order valence-electron chi connectivity index (χ1n) is 9.20. The van der Waals surface area contributed by atoms with Crippen molar-refractivity contribution in [2.24, 2.45) is 10.9 Å². The number of aliphatic imine (C=N–C) groups is 1. The number of nitrogens with zero attached hydrogens (tertiary/aromatic N) is 2. The molecule has 3 saturated heterocycles. The van der Waals surface area contributed by atoms with Gasteiger partial charge in [-0.2, -0.15) is 0 Å². The first-order chi connectivity index (χ1) is 11.8. The lowest BCUT2D eigenvalue weighted by atomic mass is 9.75. The first-order valence-corrected chi connectivity index (χ1v) is 9.20. The molecule has 3 aliphatic rings. The van der Waals surface area contributed by atoms with Crippen molar-refractivity contribution in [1.29, 1.82) is 0 Å². The molecule has 0 aromatic heterocycles. The second-order valence-electron chi connectivity index (χ2n) is 7.18. The quantitative estimate of drug-likeness (QED) is 0.809. The van der Waals surface area contributed by atoms with E-state index in [9.17, 15) is 0 Å². The summed E-state index contributed by atoms with van der Waals surface area (Å²) in [5.41, 5.74) is 4.20. The molecule has 2 heteroatoms. The zero-order chi connectivity index (χ0) is 16.4. The fourth-order valence-corrected chi connectivity index (χ4v) is 4.40. The molecule has 0 saturated carbocycles. The fourth-order valence-electron chi connectivity index (χ4n) is 4.40. The Kier molecular flexibility index (Phi) is 4.48. The number of piperidine rings is 3. The molecular weight excluding hydrogens is 292 g/mol.